The number of nitrogens with zero attached hydrogens (tertiary/aromatic N) is 4. The van der Waals surface area contributed by atoms with Gasteiger partial charge in [-0.3, -0.25) is 4.79 Å². The lowest BCUT2D eigenvalue weighted by atomic mass is 10.1. The number of rotatable bonds is 5. The van der Waals surface area contributed by atoms with E-state index in [0.29, 0.717) is 34.6 Å². The van der Waals surface area contributed by atoms with E-state index in [1.807, 2.05) is 45.0 Å². The van der Waals surface area contributed by atoms with Crippen molar-refractivity contribution in [3.05, 3.63) is 81.5 Å². The van der Waals surface area contributed by atoms with Gasteiger partial charge in [0.1, 0.15) is 11.5 Å². The van der Waals surface area contributed by atoms with Crippen molar-refractivity contribution < 1.29 is 9.21 Å². The summed E-state index contributed by atoms with van der Waals surface area (Å²) in [6.07, 6.45) is 0. The van der Waals surface area contributed by atoms with E-state index in [-0.39, 0.29) is 11.6 Å². The van der Waals surface area contributed by atoms with Crippen molar-refractivity contribution in [2.24, 2.45) is 0 Å². The molecule has 158 valence electrons. The summed E-state index contributed by atoms with van der Waals surface area (Å²) in [5, 5.41) is 11.7. The standard InChI is InChI=1S/C23H22ClN5O2/c1-13-8-10-17(11-9-13)23-26-20(16(4)31-23)12-29-15(3)21(27-28-29)22(30)25-19-7-5-6-18(24)14(19)2/h5-11H,12H2,1-4H3,(H,25,30). The lowest BCUT2D eigenvalue weighted by Crippen LogP contribution is -2.15. The molecule has 2 aromatic carbocycles. The minimum absolute atomic E-state index is 0.249. The molecule has 0 bridgehead atoms. The Morgan fingerprint density at radius 3 is 2.58 bits per heavy atom. The molecular weight excluding hydrogens is 414 g/mol. The van der Waals surface area contributed by atoms with Crippen LogP contribution in [0.5, 0.6) is 0 Å². The van der Waals surface area contributed by atoms with Crippen molar-refractivity contribution in [1.82, 2.24) is 20.0 Å². The zero-order valence-electron chi connectivity index (χ0n) is 17.7. The Labute approximate surface area is 185 Å². The highest BCUT2D eigenvalue weighted by molar-refractivity contribution is 6.31. The number of nitrogens with one attached hydrogen (secondary N) is 1. The highest BCUT2D eigenvalue weighted by Crippen LogP contribution is 2.25. The number of aryl methyl sites for hydroxylation is 2. The Balaban J connectivity index is 1.54. The summed E-state index contributed by atoms with van der Waals surface area (Å²) in [6.45, 7) is 7.90. The molecule has 0 aliphatic heterocycles. The number of anilines is 1. The van der Waals surface area contributed by atoms with Crippen LogP contribution in [0.4, 0.5) is 5.69 Å². The lowest BCUT2D eigenvalue weighted by Gasteiger charge is -2.08. The molecule has 0 radical (unpaired) electrons. The highest BCUT2D eigenvalue weighted by atomic mass is 35.5. The van der Waals surface area contributed by atoms with Gasteiger partial charge in [0.05, 0.1) is 12.2 Å². The fraction of sp³-hybridized carbons (Fsp3) is 0.217. The molecule has 0 saturated heterocycles. The van der Waals surface area contributed by atoms with Crippen molar-refractivity contribution in [2.75, 3.05) is 5.32 Å². The molecule has 7 nitrogen and oxygen atoms in total. The summed E-state index contributed by atoms with van der Waals surface area (Å²) in [4.78, 5) is 17.4. The van der Waals surface area contributed by atoms with Crippen molar-refractivity contribution >= 4 is 23.2 Å². The molecule has 1 amide bonds. The number of hydrogen-bond acceptors (Lipinski definition) is 5. The van der Waals surface area contributed by atoms with E-state index >= 15 is 0 Å². The number of carbonyl (C=O) groups excluding carboxylic acids is 1. The molecule has 8 heteroatoms. The van der Waals surface area contributed by atoms with Crippen LogP contribution in [0, 0.1) is 27.7 Å². The Hall–Kier alpha value is -3.45. The van der Waals surface area contributed by atoms with Crippen LogP contribution in [0.15, 0.2) is 46.9 Å². The monoisotopic (exact) mass is 435 g/mol. The molecule has 1 N–H and O–H groups in total. The van der Waals surface area contributed by atoms with Crippen LogP contribution in [0.1, 0.15) is 38.8 Å². The molecule has 31 heavy (non-hydrogen) atoms. The molecule has 2 aromatic heterocycles. The number of carbonyl (C=O) groups is 1. The average molecular weight is 436 g/mol. The Kier molecular flexibility index (Phi) is 5.61. The maximum atomic E-state index is 12.7. The zero-order chi connectivity index (χ0) is 22.1. The van der Waals surface area contributed by atoms with Gasteiger partial charge in [-0.25, -0.2) is 9.67 Å². The maximum absolute atomic E-state index is 12.7. The first kappa shape index (κ1) is 20.8. The molecule has 0 spiro atoms. The molecule has 2 heterocycles. The largest absolute Gasteiger partial charge is 0.441 e. The van der Waals surface area contributed by atoms with Gasteiger partial charge in [0, 0.05) is 16.3 Å². The number of aromatic nitrogens is 4. The van der Waals surface area contributed by atoms with Crippen LogP contribution in [0.2, 0.25) is 5.02 Å². The molecule has 4 rings (SSSR count). The second kappa shape index (κ2) is 8.35. The van der Waals surface area contributed by atoms with Gasteiger partial charge in [0.25, 0.3) is 5.91 Å². The van der Waals surface area contributed by atoms with Gasteiger partial charge < -0.3 is 9.73 Å². The van der Waals surface area contributed by atoms with Crippen LogP contribution in [0.25, 0.3) is 11.5 Å². The lowest BCUT2D eigenvalue weighted by molar-refractivity contribution is 0.102. The second-order valence-electron chi connectivity index (χ2n) is 7.44. The van der Waals surface area contributed by atoms with Crippen molar-refractivity contribution in [3.63, 3.8) is 0 Å². The highest BCUT2D eigenvalue weighted by Gasteiger charge is 2.20. The van der Waals surface area contributed by atoms with Gasteiger partial charge in [-0.05, 0) is 57.5 Å². The predicted octanol–water partition coefficient (Wildman–Crippen LogP) is 5.12. The van der Waals surface area contributed by atoms with E-state index in [0.717, 1.165) is 16.8 Å². The van der Waals surface area contributed by atoms with Crippen molar-refractivity contribution in [1.29, 1.82) is 0 Å². The topological polar surface area (TPSA) is 85.8 Å². The van der Waals surface area contributed by atoms with E-state index in [2.05, 4.69) is 20.6 Å². The van der Waals surface area contributed by atoms with E-state index in [1.165, 1.54) is 5.56 Å². The van der Waals surface area contributed by atoms with E-state index in [4.69, 9.17) is 16.0 Å². The first-order chi connectivity index (χ1) is 14.8. The molecular formula is C23H22ClN5O2. The summed E-state index contributed by atoms with van der Waals surface area (Å²) < 4.78 is 7.49. The molecule has 0 unspecified atom stereocenters. The smallest absolute Gasteiger partial charge is 0.278 e. The summed E-state index contributed by atoms with van der Waals surface area (Å²) >= 11 is 6.14. The third-order valence-corrected chi connectivity index (χ3v) is 5.61. The summed E-state index contributed by atoms with van der Waals surface area (Å²) in [5.74, 6) is 0.914. The number of benzene rings is 2. The Morgan fingerprint density at radius 1 is 1.10 bits per heavy atom. The third kappa shape index (κ3) is 4.22. The number of halogens is 1. The third-order valence-electron chi connectivity index (χ3n) is 5.20. The van der Waals surface area contributed by atoms with E-state index in [1.54, 1.807) is 29.8 Å². The van der Waals surface area contributed by atoms with Gasteiger partial charge in [0.15, 0.2) is 5.69 Å². The first-order valence-corrected chi connectivity index (χ1v) is 10.2. The van der Waals surface area contributed by atoms with E-state index in [9.17, 15) is 4.79 Å². The van der Waals surface area contributed by atoms with Crippen LogP contribution in [0.3, 0.4) is 0 Å². The number of hydrogen-bond donors (Lipinski definition) is 1. The van der Waals surface area contributed by atoms with Crippen molar-refractivity contribution in [3.8, 4) is 11.5 Å². The first-order valence-electron chi connectivity index (χ1n) is 9.83. The molecule has 0 saturated carbocycles. The predicted molar refractivity (Wildman–Crippen MR) is 119 cm³/mol. The van der Waals surface area contributed by atoms with Gasteiger partial charge >= 0.3 is 0 Å². The number of amides is 1. The van der Waals surface area contributed by atoms with E-state index < -0.39 is 0 Å². The summed E-state index contributed by atoms with van der Waals surface area (Å²) in [6, 6.07) is 13.3. The van der Waals surface area contributed by atoms with Crippen LogP contribution < -0.4 is 5.32 Å². The second-order valence-corrected chi connectivity index (χ2v) is 7.84. The molecule has 0 aliphatic rings. The zero-order valence-corrected chi connectivity index (χ0v) is 18.5. The Morgan fingerprint density at radius 2 is 1.84 bits per heavy atom. The maximum Gasteiger partial charge on any atom is 0.278 e. The molecule has 0 fully saturated rings. The average Bonchev–Trinajstić information content (AvgIpc) is 3.29. The fourth-order valence-corrected chi connectivity index (χ4v) is 3.36. The normalized spacial score (nSPS) is 11.0. The molecule has 4 aromatic rings. The summed E-state index contributed by atoms with van der Waals surface area (Å²) in [7, 11) is 0. The van der Waals surface area contributed by atoms with Crippen molar-refractivity contribution in [2.45, 2.75) is 34.2 Å². The van der Waals surface area contributed by atoms with Gasteiger partial charge in [-0.1, -0.05) is 40.6 Å². The fourth-order valence-electron chi connectivity index (χ4n) is 3.18. The van der Waals surface area contributed by atoms with Crippen LogP contribution in [-0.2, 0) is 6.54 Å². The minimum atomic E-state index is -0.341. The van der Waals surface area contributed by atoms with Crippen LogP contribution in [-0.4, -0.2) is 25.9 Å². The molecule has 0 aliphatic carbocycles. The Bertz CT molecular complexity index is 1260. The van der Waals surface area contributed by atoms with Gasteiger partial charge in [-0.15, -0.1) is 5.10 Å². The SMILES string of the molecule is Cc1ccc(-c2nc(Cn3nnc(C(=O)Nc4cccc(Cl)c4C)c3C)c(C)o2)cc1. The van der Waals surface area contributed by atoms with Gasteiger partial charge in [0.2, 0.25) is 5.89 Å². The number of oxazole rings is 1. The minimum Gasteiger partial charge on any atom is -0.441 e. The summed E-state index contributed by atoms with van der Waals surface area (Å²) in [5.41, 5.74) is 5.14. The van der Waals surface area contributed by atoms with Gasteiger partial charge in [-0.2, -0.15) is 0 Å². The molecule has 0 atom stereocenters. The quantitative estimate of drug-likeness (QED) is 0.470. The van der Waals surface area contributed by atoms with Crippen LogP contribution >= 0.6 is 11.6 Å².